The van der Waals surface area contributed by atoms with Gasteiger partial charge in [-0.3, -0.25) is 4.79 Å². The average molecular weight is 302 g/mol. The highest BCUT2D eigenvalue weighted by atomic mass is 35.5. The van der Waals surface area contributed by atoms with Crippen LogP contribution < -0.4 is 5.32 Å². The van der Waals surface area contributed by atoms with Crippen LogP contribution in [0.25, 0.3) is 0 Å². The van der Waals surface area contributed by atoms with Crippen LogP contribution in [0, 0.1) is 5.92 Å². The molecule has 19 heavy (non-hydrogen) atoms. The maximum atomic E-state index is 11.9. The Morgan fingerprint density at radius 1 is 1.37 bits per heavy atom. The number of rotatable bonds is 6. The average Bonchev–Trinajstić information content (AvgIpc) is 3.13. The molecule has 0 aromatic heterocycles. The normalized spacial score (nSPS) is 21.2. The molecule has 0 bridgehead atoms. The predicted molar refractivity (Wildman–Crippen MR) is 76.8 cm³/mol. The van der Waals surface area contributed by atoms with Crippen molar-refractivity contribution in [3.63, 3.8) is 0 Å². The molecule has 1 aromatic rings. The number of ether oxygens (including phenoxy) is 1. The molecule has 1 N–H and O–H groups in total. The zero-order valence-corrected chi connectivity index (χ0v) is 12.3. The summed E-state index contributed by atoms with van der Waals surface area (Å²) in [6, 6.07) is 5.47. The van der Waals surface area contributed by atoms with Crippen LogP contribution in [0.2, 0.25) is 10.0 Å². The summed E-state index contributed by atoms with van der Waals surface area (Å²) in [7, 11) is 1.65. The van der Waals surface area contributed by atoms with Gasteiger partial charge >= 0.3 is 0 Å². The quantitative estimate of drug-likeness (QED) is 0.819. The third-order valence-electron chi connectivity index (χ3n) is 3.26. The minimum absolute atomic E-state index is 0.0529. The first-order chi connectivity index (χ1) is 9.11. The monoisotopic (exact) mass is 301 g/mol. The number of benzene rings is 1. The molecule has 1 fully saturated rings. The molecular weight excluding hydrogens is 285 g/mol. The Morgan fingerprint density at radius 2 is 2.05 bits per heavy atom. The predicted octanol–water partition coefficient (Wildman–Crippen LogP) is 3.25. The standard InChI is InChI=1S/C14H17Cl2NO2/c1-19-4-2-3-17-14(18)13-8-12(13)9-5-10(15)7-11(16)6-9/h5-7,12-13H,2-4,8H2,1H3,(H,17,18)/t12-,13-/m0/s1. The number of carbonyl (C=O) groups is 1. The van der Waals surface area contributed by atoms with Gasteiger partial charge in [0.2, 0.25) is 5.91 Å². The van der Waals surface area contributed by atoms with Crippen molar-refractivity contribution < 1.29 is 9.53 Å². The van der Waals surface area contributed by atoms with Crippen molar-refractivity contribution in [2.24, 2.45) is 5.92 Å². The van der Waals surface area contributed by atoms with Crippen LogP contribution in [0.1, 0.15) is 24.3 Å². The molecule has 0 radical (unpaired) electrons. The molecule has 1 aromatic carbocycles. The molecule has 1 saturated carbocycles. The highest BCUT2D eigenvalue weighted by Gasteiger charge is 2.43. The van der Waals surface area contributed by atoms with E-state index in [1.165, 1.54) is 0 Å². The van der Waals surface area contributed by atoms with Gasteiger partial charge in [0.15, 0.2) is 0 Å². The van der Waals surface area contributed by atoms with Crippen molar-refractivity contribution in [2.45, 2.75) is 18.8 Å². The van der Waals surface area contributed by atoms with Crippen molar-refractivity contribution in [1.82, 2.24) is 5.32 Å². The first-order valence-electron chi connectivity index (χ1n) is 6.34. The molecule has 1 aliphatic carbocycles. The first kappa shape index (κ1) is 14.6. The molecule has 0 saturated heterocycles. The fourth-order valence-corrected chi connectivity index (χ4v) is 2.74. The number of nitrogens with one attached hydrogen (secondary N) is 1. The van der Waals surface area contributed by atoms with Gasteiger partial charge in [-0.1, -0.05) is 23.2 Å². The summed E-state index contributed by atoms with van der Waals surface area (Å²) in [6.45, 7) is 1.32. The second-order valence-electron chi connectivity index (χ2n) is 4.79. The molecule has 0 heterocycles. The Bertz CT molecular complexity index is 445. The second-order valence-corrected chi connectivity index (χ2v) is 5.66. The fraction of sp³-hybridized carbons (Fsp3) is 0.500. The third kappa shape index (κ3) is 4.10. The minimum atomic E-state index is 0.0529. The van der Waals surface area contributed by atoms with Crippen LogP contribution in [0.15, 0.2) is 18.2 Å². The summed E-state index contributed by atoms with van der Waals surface area (Å²) < 4.78 is 4.94. The summed E-state index contributed by atoms with van der Waals surface area (Å²) in [4.78, 5) is 11.9. The van der Waals surface area contributed by atoms with Gasteiger partial charge in [0, 0.05) is 36.2 Å². The molecule has 3 nitrogen and oxygen atoms in total. The van der Waals surface area contributed by atoms with E-state index in [9.17, 15) is 4.79 Å². The fourth-order valence-electron chi connectivity index (χ4n) is 2.20. The molecule has 2 atom stereocenters. The lowest BCUT2D eigenvalue weighted by molar-refractivity contribution is -0.122. The van der Waals surface area contributed by atoms with E-state index >= 15 is 0 Å². The smallest absolute Gasteiger partial charge is 0.223 e. The Labute approximate surface area is 123 Å². The first-order valence-corrected chi connectivity index (χ1v) is 7.10. The number of hydrogen-bond acceptors (Lipinski definition) is 2. The lowest BCUT2D eigenvalue weighted by Gasteiger charge is -2.05. The molecular formula is C14H17Cl2NO2. The van der Waals surface area contributed by atoms with Crippen molar-refractivity contribution in [3.05, 3.63) is 33.8 Å². The van der Waals surface area contributed by atoms with E-state index in [0.29, 0.717) is 23.2 Å². The number of halogens is 2. The third-order valence-corrected chi connectivity index (χ3v) is 3.70. The van der Waals surface area contributed by atoms with Gasteiger partial charge in [-0.25, -0.2) is 0 Å². The minimum Gasteiger partial charge on any atom is -0.385 e. The van der Waals surface area contributed by atoms with Gasteiger partial charge in [-0.2, -0.15) is 0 Å². The van der Waals surface area contributed by atoms with Gasteiger partial charge in [0.1, 0.15) is 0 Å². The zero-order valence-electron chi connectivity index (χ0n) is 10.8. The molecule has 2 rings (SSSR count). The Balaban J connectivity index is 1.84. The maximum Gasteiger partial charge on any atom is 0.223 e. The number of methoxy groups -OCH3 is 1. The van der Waals surface area contributed by atoms with Crippen LogP contribution in [0.5, 0.6) is 0 Å². The summed E-state index contributed by atoms with van der Waals surface area (Å²) in [5, 5.41) is 4.16. The summed E-state index contributed by atoms with van der Waals surface area (Å²) in [5.41, 5.74) is 1.05. The molecule has 104 valence electrons. The van der Waals surface area contributed by atoms with Gasteiger partial charge < -0.3 is 10.1 Å². The second kappa shape index (κ2) is 6.60. The number of hydrogen-bond donors (Lipinski definition) is 1. The van der Waals surface area contributed by atoms with Gasteiger partial charge in [0.05, 0.1) is 0 Å². The van der Waals surface area contributed by atoms with Crippen molar-refractivity contribution in [1.29, 1.82) is 0 Å². The molecule has 5 heteroatoms. The summed E-state index contributed by atoms with van der Waals surface area (Å²) >= 11 is 11.9. The summed E-state index contributed by atoms with van der Waals surface area (Å²) in [6.07, 6.45) is 1.70. The number of amides is 1. The van der Waals surface area contributed by atoms with Crippen LogP contribution >= 0.6 is 23.2 Å². The molecule has 0 unspecified atom stereocenters. The SMILES string of the molecule is COCCCNC(=O)[C@H]1C[C@H]1c1cc(Cl)cc(Cl)c1. The molecule has 0 aliphatic heterocycles. The lowest BCUT2D eigenvalue weighted by atomic mass is 10.1. The summed E-state index contributed by atoms with van der Waals surface area (Å²) in [5.74, 6) is 0.410. The van der Waals surface area contributed by atoms with Gasteiger partial charge in [0.25, 0.3) is 0 Å². The Morgan fingerprint density at radius 3 is 2.68 bits per heavy atom. The van der Waals surface area contributed by atoms with E-state index in [0.717, 1.165) is 18.4 Å². The van der Waals surface area contributed by atoms with E-state index in [1.807, 2.05) is 12.1 Å². The van der Waals surface area contributed by atoms with Crippen LogP contribution in [0.4, 0.5) is 0 Å². The van der Waals surface area contributed by atoms with Gasteiger partial charge in [-0.15, -0.1) is 0 Å². The lowest BCUT2D eigenvalue weighted by Crippen LogP contribution is -2.27. The van der Waals surface area contributed by atoms with E-state index in [-0.39, 0.29) is 17.7 Å². The molecule has 1 amide bonds. The van der Waals surface area contributed by atoms with E-state index in [4.69, 9.17) is 27.9 Å². The van der Waals surface area contributed by atoms with Crippen molar-refractivity contribution in [3.8, 4) is 0 Å². The Hall–Kier alpha value is -0.770. The van der Waals surface area contributed by atoms with Crippen LogP contribution in [-0.2, 0) is 9.53 Å². The largest absolute Gasteiger partial charge is 0.385 e. The molecule has 0 spiro atoms. The maximum absolute atomic E-state index is 11.9. The van der Waals surface area contributed by atoms with E-state index < -0.39 is 0 Å². The zero-order chi connectivity index (χ0) is 13.8. The van der Waals surface area contributed by atoms with Crippen molar-refractivity contribution in [2.75, 3.05) is 20.3 Å². The van der Waals surface area contributed by atoms with Crippen molar-refractivity contribution >= 4 is 29.1 Å². The van der Waals surface area contributed by atoms with Gasteiger partial charge in [-0.05, 0) is 42.5 Å². The Kier molecular flexibility index (Phi) is 5.08. The van der Waals surface area contributed by atoms with E-state index in [1.54, 1.807) is 13.2 Å². The van der Waals surface area contributed by atoms with Crippen LogP contribution in [-0.4, -0.2) is 26.2 Å². The highest BCUT2D eigenvalue weighted by molar-refractivity contribution is 6.34. The number of carbonyl (C=O) groups excluding carboxylic acids is 1. The van der Waals surface area contributed by atoms with Crippen LogP contribution in [0.3, 0.4) is 0 Å². The molecule has 1 aliphatic rings. The van der Waals surface area contributed by atoms with E-state index in [2.05, 4.69) is 5.32 Å². The highest BCUT2D eigenvalue weighted by Crippen LogP contribution is 2.48. The topological polar surface area (TPSA) is 38.3 Å².